The summed E-state index contributed by atoms with van der Waals surface area (Å²) >= 11 is 0. The monoisotopic (exact) mass is 282 g/mol. The molecule has 17 heavy (non-hydrogen) atoms. The maximum absolute atomic E-state index is 11.9. The van der Waals surface area contributed by atoms with Gasteiger partial charge in [0.1, 0.15) is 9.15 Å². The fraction of sp³-hybridized carbons (Fsp3) is 0.300. The summed E-state index contributed by atoms with van der Waals surface area (Å²) in [6.45, 7) is 2.84. The molecule has 7 heteroatoms. The van der Waals surface area contributed by atoms with Crippen LogP contribution in [0, 0.1) is 0 Å². The molecular weight excluding hydrogens is 271 g/mol. The van der Waals surface area contributed by atoms with E-state index in [0.717, 1.165) is 0 Å². The number of ketones is 1. The molecule has 0 saturated carbocycles. The summed E-state index contributed by atoms with van der Waals surface area (Å²) in [7, 11) is -4.36. The number of hydrogen-bond donors (Lipinski definition) is 0. The molecule has 0 N–H and O–H groups in total. The quantitative estimate of drug-likeness (QED) is 0.301. The molecule has 0 saturated heterocycles. The molecule has 0 bridgehead atoms. The van der Waals surface area contributed by atoms with Crippen LogP contribution in [-0.2, 0) is 9.15 Å². The van der Waals surface area contributed by atoms with Gasteiger partial charge in [0.15, 0.2) is 5.78 Å². The summed E-state index contributed by atoms with van der Waals surface area (Å²) < 4.78 is 30.6. The van der Waals surface area contributed by atoms with Crippen molar-refractivity contribution < 1.29 is 47.3 Å². The molecule has 0 spiro atoms. The average molecular weight is 282 g/mol. The summed E-state index contributed by atoms with van der Waals surface area (Å²) in [6, 6.07) is 8.28. The molecule has 0 aliphatic carbocycles. The Labute approximate surface area is 127 Å². The normalized spacial score (nSPS) is 11.7. The number of rotatable bonds is 4. The van der Waals surface area contributed by atoms with E-state index >= 15 is 0 Å². The average Bonchev–Trinajstić information content (AvgIpc) is 2.14. The van der Waals surface area contributed by atoms with E-state index in [0.29, 0.717) is 5.56 Å². The Kier molecular flexibility index (Phi) is 6.41. The first kappa shape index (κ1) is 17.2. The fourth-order valence-corrected chi connectivity index (χ4v) is 3.69. The third kappa shape index (κ3) is 5.54. The van der Waals surface area contributed by atoms with Crippen LogP contribution in [-0.4, -0.2) is 23.5 Å². The van der Waals surface area contributed by atoms with Crippen molar-refractivity contribution in [3.8, 4) is 0 Å². The molecule has 0 aliphatic heterocycles. The second-order valence-corrected chi connectivity index (χ2v) is 7.43. The molecule has 1 rings (SSSR count). The van der Waals surface area contributed by atoms with Crippen molar-refractivity contribution in [1.29, 1.82) is 0 Å². The molecule has 0 amide bonds. The van der Waals surface area contributed by atoms with Crippen LogP contribution in [0.2, 0.25) is 0 Å². The Hall–Kier alpha value is 0.150. The van der Waals surface area contributed by atoms with Gasteiger partial charge in [0.05, 0.1) is 4.75 Å². The molecule has 0 atom stereocenters. The zero-order chi connectivity index (χ0) is 12.4. The zero-order valence-electron chi connectivity index (χ0n) is 9.84. The molecular formula is C10H11NaO4S2. The summed E-state index contributed by atoms with van der Waals surface area (Å²) in [5, 5.41) is 0. The predicted molar refractivity (Wildman–Crippen MR) is 62.1 cm³/mol. The van der Waals surface area contributed by atoms with E-state index in [2.05, 4.69) is 0 Å². The molecule has 0 aliphatic rings. The van der Waals surface area contributed by atoms with Crippen LogP contribution in [0.5, 0.6) is 0 Å². The van der Waals surface area contributed by atoms with E-state index < -0.39 is 13.9 Å². The van der Waals surface area contributed by atoms with Gasteiger partial charge in [0.2, 0.25) is 0 Å². The number of Topliss-reactive ketones (excluding diaryl/α,β-unsaturated/α-hetero) is 1. The Balaban J connectivity index is 0.00000256. The maximum Gasteiger partial charge on any atom is 1.00 e. The van der Waals surface area contributed by atoms with E-state index in [9.17, 15) is 17.8 Å². The standard InChI is InChI=1S/C10H12O4S2.Na/c1-10(2,15-16(12,13)14)9(11)8-6-4-3-5-7-8;/h3-7H,1-2H3,(H,12,13,14);/q;+1/p-1. The predicted octanol–water partition coefficient (Wildman–Crippen LogP) is -1.15. The van der Waals surface area contributed by atoms with Crippen molar-refractivity contribution in [2.24, 2.45) is 0 Å². The molecule has 0 fully saturated rings. The summed E-state index contributed by atoms with van der Waals surface area (Å²) in [5.41, 5.74) is 0.392. The van der Waals surface area contributed by atoms with Gasteiger partial charge in [-0.3, -0.25) is 4.79 Å². The Morgan fingerprint density at radius 3 is 2.12 bits per heavy atom. The van der Waals surface area contributed by atoms with Crippen molar-refractivity contribution in [2.45, 2.75) is 18.6 Å². The smallest absolute Gasteiger partial charge is 0.739 e. The minimum Gasteiger partial charge on any atom is -0.739 e. The van der Waals surface area contributed by atoms with Gasteiger partial charge in [0, 0.05) is 5.56 Å². The Morgan fingerprint density at radius 1 is 1.24 bits per heavy atom. The summed E-state index contributed by atoms with van der Waals surface area (Å²) in [4.78, 5) is 11.9. The second-order valence-electron chi connectivity index (χ2n) is 3.70. The topological polar surface area (TPSA) is 74.3 Å². The van der Waals surface area contributed by atoms with Crippen LogP contribution in [0.15, 0.2) is 30.3 Å². The first-order chi connectivity index (χ1) is 7.22. The van der Waals surface area contributed by atoms with Gasteiger partial charge < -0.3 is 4.55 Å². The molecule has 1 aromatic carbocycles. The van der Waals surface area contributed by atoms with Crippen molar-refractivity contribution >= 4 is 25.7 Å². The number of carbonyl (C=O) groups is 1. The van der Waals surface area contributed by atoms with E-state index in [1.165, 1.54) is 13.8 Å². The summed E-state index contributed by atoms with van der Waals surface area (Å²) in [5.74, 6) is -0.377. The maximum atomic E-state index is 11.9. The first-order valence-electron chi connectivity index (χ1n) is 4.49. The van der Waals surface area contributed by atoms with Gasteiger partial charge in [0.25, 0.3) is 0 Å². The van der Waals surface area contributed by atoms with Crippen LogP contribution in [0.1, 0.15) is 24.2 Å². The minimum atomic E-state index is -4.49. The fourth-order valence-electron chi connectivity index (χ4n) is 1.23. The Bertz CT molecular complexity index is 482. The number of benzene rings is 1. The van der Waals surface area contributed by atoms with Crippen LogP contribution in [0.4, 0.5) is 0 Å². The molecule has 0 heterocycles. The largest absolute Gasteiger partial charge is 1.00 e. The molecule has 4 nitrogen and oxygen atoms in total. The third-order valence-electron chi connectivity index (χ3n) is 1.89. The van der Waals surface area contributed by atoms with Crippen LogP contribution in [0.3, 0.4) is 0 Å². The van der Waals surface area contributed by atoms with Gasteiger partial charge >= 0.3 is 29.6 Å². The zero-order valence-corrected chi connectivity index (χ0v) is 13.5. The second kappa shape index (κ2) is 6.36. The van der Waals surface area contributed by atoms with E-state index in [4.69, 9.17) is 0 Å². The van der Waals surface area contributed by atoms with Crippen molar-refractivity contribution in [1.82, 2.24) is 0 Å². The molecule has 0 radical (unpaired) electrons. The SMILES string of the molecule is CC(C)(SS(=O)(=O)[O-])C(=O)c1ccccc1.[Na+]. The van der Waals surface area contributed by atoms with Crippen molar-refractivity contribution in [2.75, 3.05) is 0 Å². The minimum absolute atomic E-state index is 0. The van der Waals surface area contributed by atoms with Crippen LogP contribution < -0.4 is 29.6 Å². The molecule has 1 aromatic rings. The van der Waals surface area contributed by atoms with Gasteiger partial charge in [-0.25, -0.2) is 8.42 Å². The first-order valence-corrected chi connectivity index (χ1v) is 7.23. The van der Waals surface area contributed by atoms with Gasteiger partial charge in [-0.2, -0.15) is 0 Å². The van der Waals surface area contributed by atoms with Gasteiger partial charge in [-0.05, 0) is 24.6 Å². The van der Waals surface area contributed by atoms with Gasteiger partial charge in [-0.15, -0.1) is 0 Å². The molecule has 88 valence electrons. The molecule has 0 unspecified atom stereocenters. The van der Waals surface area contributed by atoms with Crippen molar-refractivity contribution in [3.63, 3.8) is 0 Å². The summed E-state index contributed by atoms with van der Waals surface area (Å²) in [6.07, 6.45) is 0. The van der Waals surface area contributed by atoms with Crippen LogP contribution >= 0.6 is 10.8 Å². The van der Waals surface area contributed by atoms with Crippen molar-refractivity contribution in [3.05, 3.63) is 35.9 Å². The van der Waals surface area contributed by atoms with E-state index in [1.54, 1.807) is 30.3 Å². The van der Waals surface area contributed by atoms with E-state index in [1.807, 2.05) is 0 Å². The molecule has 0 aromatic heterocycles. The number of hydrogen-bond acceptors (Lipinski definition) is 5. The third-order valence-corrected chi connectivity index (χ3v) is 4.56. The van der Waals surface area contributed by atoms with Crippen LogP contribution in [0.25, 0.3) is 0 Å². The Morgan fingerprint density at radius 2 is 1.71 bits per heavy atom. The number of carbonyl (C=O) groups excluding carboxylic acids is 1. The van der Waals surface area contributed by atoms with E-state index in [-0.39, 0.29) is 46.1 Å². The van der Waals surface area contributed by atoms with Gasteiger partial charge in [-0.1, -0.05) is 30.3 Å².